The number of nitrogens with one attached hydrogen (secondary N) is 1. The van der Waals surface area contributed by atoms with E-state index in [1.807, 2.05) is 14.0 Å². The highest BCUT2D eigenvalue weighted by atomic mass is 16.5. The molecule has 1 saturated carbocycles. The van der Waals surface area contributed by atoms with Crippen molar-refractivity contribution >= 4 is 5.91 Å². The predicted octanol–water partition coefficient (Wildman–Crippen LogP) is 1.16. The fraction of sp³-hybridized carbons (Fsp3) is 0.923. The highest BCUT2D eigenvalue weighted by molar-refractivity contribution is 5.85. The summed E-state index contributed by atoms with van der Waals surface area (Å²) in [6.07, 6.45) is 6.03. The molecule has 0 radical (unpaired) electrons. The standard InChI is InChI=1S/C13H24N2O2/c1-13(10-15(2)8-9-17-13)12(16)14-11-6-4-3-5-7-11/h11H,3-10H2,1-2H3,(H,14,16). The van der Waals surface area contributed by atoms with Crippen molar-refractivity contribution in [2.75, 3.05) is 26.7 Å². The largest absolute Gasteiger partial charge is 0.363 e. The Kier molecular flexibility index (Phi) is 4.05. The minimum Gasteiger partial charge on any atom is -0.363 e. The maximum atomic E-state index is 12.3. The zero-order valence-corrected chi connectivity index (χ0v) is 11.0. The van der Waals surface area contributed by atoms with Crippen LogP contribution >= 0.6 is 0 Å². The summed E-state index contributed by atoms with van der Waals surface area (Å²) < 4.78 is 5.69. The van der Waals surface area contributed by atoms with Crippen LogP contribution in [0.15, 0.2) is 0 Å². The van der Waals surface area contributed by atoms with E-state index in [2.05, 4.69) is 10.2 Å². The molecule has 1 saturated heterocycles. The van der Waals surface area contributed by atoms with Crippen LogP contribution in [0.1, 0.15) is 39.0 Å². The maximum Gasteiger partial charge on any atom is 0.253 e. The van der Waals surface area contributed by atoms with Gasteiger partial charge in [-0.15, -0.1) is 0 Å². The lowest BCUT2D eigenvalue weighted by atomic mass is 9.94. The highest BCUT2D eigenvalue weighted by Crippen LogP contribution is 2.21. The molecule has 1 atom stereocenters. The van der Waals surface area contributed by atoms with Gasteiger partial charge < -0.3 is 15.0 Å². The van der Waals surface area contributed by atoms with E-state index in [1.165, 1.54) is 19.3 Å². The molecule has 1 heterocycles. The molecule has 0 spiro atoms. The zero-order valence-electron chi connectivity index (χ0n) is 11.0. The summed E-state index contributed by atoms with van der Waals surface area (Å²) in [5.74, 6) is 0.0657. The van der Waals surface area contributed by atoms with Crippen molar-refractivity contribution in [2.24, 2.45) is 0 Å². The quantitative estimate of drug-likeness (QED) is 0.787. The molecular weight excluding hydrogens is 216 g/mol. The Bertz CT molecular complexity index is 277. The maximum absolute atomic E-state index is 12.3. The Hall–Kier alpha value is -0.610. The second-order valence-corrected chi connectivity index (χ2v) is 5.63. The van der Waals surface area contributed by atoms with Crippen molar-refractivity contribution in [2.45, 2.75) is 50.7 Å². The van der Waals surface area contributed by atoms with Gasteiger partial charge in [0.15, 0.2) is 5.60 Å². The average Bonchev–Trinajstić information content (AvgIpc) is 2.30. The number of hydrogen-bond acceptors (Lipinski definition) is 3. The molecule has 0 aromatic carbocycles. The number of amides is 1. The third kappa shape index (κ3) is 3.19. The molecule has 98 valence electrons. The van der Waals surface area contributed by atoms with E-state index in [4.69, 9.17) is 4.74 Å². The van der Waals surface area contributed by atoms with Crippen molar-refractivity contribution in [3.8, 4) is 0 Å². The molecule has 2 rings (SSSR count). The summed E-state index contributed by atoms with van der Waals surface area (Å²) in [7, 11) is 2.04. The molecule has 1 amide bonds. The number of nitrogens with zero attached hydrogens (tertiary/aromatic N) is 1. The van der Waals surface area contributed by atoms with Gasteiger partial charge in [-0.05, 0) is 26.8 Å². The van der Waals surface area contributed by atoms with Crippen molar-refractivity contribution in [3.63, 3.8) is 0 Å². The summed E-state index contributed by atoms with van der Waals surface area (Å²) in [6.45, 7) is 4.14. The lowest BCUT2D eigenvalue weighted by molar-refractivity contribution is -0.156. The van der Waals surface area contributed by atoms with Crippen LogP contribution in [-0.4, -0.2) is 49.2 Å². The van der Waals surface area contributed by atoms with Crippen molar-refractivity contribution < 1.29 is 9.53 Å². The van der Waals surface area contributed by atoms with Gasteiger partial charge in [0.05, 0.1) is 6.61 Å². The van der Waals surface area contributed by atoms with Crippen LogP contribution in [-0.2, 0) is 9.53 Å². The van der Waals surface area contributed by atoms with Crippen LogP contribution in [0.4, 0.5) is 0 Å². The first kappa shape index (κ1) is 12.8. The number of hydrogen-bond donors (Lipinski definition) is 1. The summed E-state index contributed by atoms with van der Waals surface area (Å²) in [6, 6.07) is 0.365. The Labute approximate surface area is 104 Å². The zero-order chi connectivity index (χ0) is 12.3. The molecular formula is C13H24N2O2. The van der Waals surface area contributed by atoms with Crippen molar-refractivity contribution in [1.29, 1.82) is 0 Å². The number of carbonyl (C=O) groups is 1. The fourth-order valence-electron chi connectivity index (χ4n) is 2.79. The predicted molar refractivity (Wildman–Crippen MR) is 66.9 cm³/mol. The van der Waals surface area contributed by atoms with Gasteiger partial charge in [-0.25, -0.2) is 0 Å². The first-order valence-electron chi connectivity index (χ1n) is 6.74. The van der Waals surface area contributed by atoms with Gasteiger partial charge in [-0.2, -0.15) is 0 Å². The summed E-state index contributed by atoms with van der Waals surface area (Å²) >= 11 is 0. The normalized spacial score (nSPS) is 32.4. The molecule has 4 nitrogen and oxygen atoms in total. The SMILES string of the molecule is CN1CCOC(C)(C(=O)NC2CCCCC2)C1. The lowest BCUT2D eigenvalue weighted by Gasteiger charge is -2.38. The van der Waals surface area contributed by atoms with Crippen LogP contribution in [0.5, 0.6) is 0 Å². The van der Waals surface area contributed by atoms with Crippen LogP contribution in [0.3, 0.4) is 0 Å². The minimum absolute atomic E-state index is 0.0657. The van der Waals surface area contributed by atoms with Crippen LogP contribution in [0.25, 0.3) is 0 Å². The van der Waals surface area contributed by atoms with Crippen LogP contribution < -0.4 is 5.32 Å². The van der Waals surface area contributed by atoms with Crippen molar-refractivity contribution in [3.05, 3.63) is 0 Å². The molecule has 2 aliphatic rings. The molecule has 1 unspecified atom stereocenters. The van der Waals surface area contributed by atoms with E-state index in [0.717, 1.165) is 19.4 Å². The first-order valence-corrected chi connectivity index (χ1v) is 6.74. The van der Waals surface area contributed by atoms with Gasteiger partial charge in [0, 0.05) is 19.1 Å². The van der Waals surface area contributed by atoms with Gasteiger partial charge in [-0.1, -0.05) is 19.3 Å². The van der Waals surface area contributed by atoms with Gasteiger partial charge >= 0.3 is 0 Å². The number of morpholine rings is 1. The number of carbonyl (C=O) groups excluding carboxylic acids is 1. The summed E-state index contributed by atoms with van der Waals surface area (Å²) in [4.78, 5) is 14.4. The fourth-order valence-corrected chi connectivity index (χ4v) is 2.79. The number of ether oxygens (including phenoxy) is 1. The van der Waals surface area contributed by atoms with Gasteiger partial charge in [0.25, 0.3) is 5.91 Å². The Morgan fingerprint density at radius 3 is 2.71 bits per heavy atom. The van der Waals surface area contributed by atoms with Crippen LogP contribution in [0, 0.1) is 0 Å². The molecule has 17 heavy (non-hydrogen) atoms. The third-order valence-corrected chi connectivity index (χ3v) is 3.89. The third-order valence-electron chi connectivity index (χ3n) is 3.89. The van der Waals surface area contributed by atoms with E-state index in [1.54, 1.807) is 0 Å². The summed E-state index contributed by atoms with van der Waals surface area (Å²) in [5.41, 5.74) is -0.662. The van der Waals surface area contributed by atoms with E-state index in [0.29, 0.717) is 19.2 Å². The number of likely N-dealkylation sites (N-methyl/N-ethyl adjacent to an activating group) is 1. The van der Waals surface area contributed by atoms with E-state index in [-0.39, 0.29) is 5.91 Å². The molecule has 0 aromatic heterocycles. The van der Waals surface area contributed by atoms with Gasteiger partial charge in [0.1, 0.15) is 0 Å². The Balaban J connectivity index is 1.89. The summed E-state index contributed by atoms with van der Waals surface area (Å²) in [5, 5.41) is 3.16. The highest BCUT2D eigenvalue weighted by Gasteiger charge is 2.39. The smallest absolute Gasteiger partial charge is 0.253 e. The van der Waals surface area contributed by atoms with Crippen molar-refractivity contribution in [1.82, 2.24) is 10.2 Å². The molecule has 0 bridgehead atoms. The average molecular weight is 240 g/mol. The van der Waals surface area contributed by atoms with Gasteiger partial charge in [0.2, 0.25) is 0 Å². The Morgan fingerprint density at radius 2 is 2.06 bits per heavy atom. The van der Waals surface area contributed by atoms with E-state index in [9.17, 15) is 4.79 Å². The number of rotatable bonds is 2. The first-order chi connectivity index (χ1) is 8.10. The minimum atomic E-state index is -0.662. The molecule has 2 fully saturated rings. The Morgan fingerprint density at radius 1 is 1.35 bits per heavy atom. The molecule has 4 heteroatoms. The molecule has 1 N–H and O–H groups in total. The van der Waals surface area contributed by atoms with Crippen LogP contribution in [0.2, 0.25) is 0 Å². The van der Waals surface area contributed by atoms with E-state index >= 15 is 0 Å². The molecule has 1 aliphatic heterocycles. The van der Waals surface area contributed by atoms with Gasteiger partial charge in [-0.3, -0.25) is 4.79 Å². The van der Waals surface area contributed by atoms with E-state index < -0.39 is 5.60 Å². The molecule has 0 aromatic rings. The second kappa shape index (κ2) is 5.36. The molecule has 1 aliphatic carbocycles. The topological polar surface area (TPSA) is 41.6 Å². The lowest BCUT2D eigenvalue weighted by Crippen LogP contribution is -2.58. The monoisotopic (exact) mass is 240 g/mol. The second-order valence-electron chi connectivity index (χ2n) is 5.63.